The Bertz CT molecular complexity index is 827. The fourth-order valence-corrected chi connectivity index (χ4v) is 2.95. The number of methoxy groups -OCH3 is 2. The number of rotatable bonds is 6. The zero-order valence-corrected chi connectivity index (χ0v) is 14.1. The molecule has 0 bridgehead atoms. The second-order valence-corrected chi connectivity index (χ2v) is 5.95. The lowest BCUT2D eigenvalue weighted by molar-refractivity contribution is 0.0945. The predicted molar refractivity (Wildman–Crippen MR) is 92.6 cm³/mol. The number of carbonyl (C=O) groups is 1. The van der Waals surface area contributed by atoms with Gasteiger partial charge in [-0.05, 0) is 29.6 Å². The number of aromatic nitrogens is 2. The van der Waals surface area contributed by atoms with Crippen molar-refractivity contribution in [3.63, 3.8) is 0 Å². The van der Waals surface area contributed by atoms with E-state index >= 15 is 0 Å². The van der Waals surface area contributed by atoms with E-state index in [1.165, 1.54) is 0 Å². The van der Waals surface area contributed by atoms with Crippen molar-refractivity contribution in [2.45, 2.75) is 6.54 Å². The van der Waals surface area contributed by atoms with Crippen molar-refractivity contribution in [3.8, 4) is 22.1 Å². The van der Waals surface area contributed by atoms with E-state index in [2.05, 4.69) is 15.5 Å². The molecule has 0 aliphatic carbocycles. The lowest BCUT2D eigenvalue weighted by Crippen LogP contribution is -2.23. The molecule has 0 aliphatic rings. The first-order valence-corrected chi connectivity index (χ1v) is 8.17. The Morgan fingerprint density at radius 1 is 1.25 bits per heavy atom. The van der Waals surface area contributed by atoms with E-state index in [1.54, 1.807) is 37.7 Å². The molecule has 0 aliphatic heterocycles. The van der Waals surface area contributed by atoms with Crippen molar-refractivity contribution in [1.82, 2.24) is 15.5 Å². The van der Waals surface area contributed by atoms with Gasteiger partial charge in [-0.1, -0.05) is 6.07 Å². The van der Waals surface area contributed by atoms with Crippen LogP contribution in [0.25, 0.3) is 10.6 Å². The van der Waals surface area contributed by atoms with Gasteiger partial charge in [0.25, 0.3) is 5.91 Å². The highest BCUT2D eigenvalue weighted by molar-refractivity contribution is 7.13. The van der Waals surface area contributed by atoms with Gasteiger partial charge in [0.2, 0.25) is 0 Å². The van der Waals surface area contributed by atoms with Gasteiger partial charge in [-0.15, -0.1) is 11.3 Å². The minimum Gasteiger partial charge on any atom is -0.497 e. The molecule has 2 N–H and O–H groups in total. The SMILES string of the molecule is COc1ccc(CNC(=O)c2cc(-c3cccs3)[nH]n2)c(OC)c1. The van der Waals surface area contributed by atoms with Gasteiger partial charge < -0.3 is 14.8 Å². The van der Waals surface area contributed by atoms with Crippen molar-refractivity contribution in [1.29, 1.82) is 0 Å². The molecule has 0 atom stereocenters. The topological polar surface area (TPSA) is 76.2 Å². The average molecular weight is 343 g/mol. The van der Waals surface area contributed by atoms with Crippen molar-refractivity contribution in [3.05, 3.63) is 53.0 Å². The quantitative estimate of drug-likeness (QED) is 0.721. The van der Waals surface area contributed by atoms with E-state index < -0.39 is 0 Å². The molecular weight excluding hydrogens is 326 g/mol. The predicted octanol–water partition coefficient (Wildman–Crippen LogP) is 3.09. The zero-order chi connectivity index (χ0) is 16.9. The molecule has 0 radical (unpaired) electrons. The molecule has 6 nitrogen and oxygen atoms in total. The Labute approximate surface area is 143 Å². The number of ether oxygens (including phenoxy) is 2. The molecule has 124 valence electrons. The fourth-order valence-electron chi connectivity index (χ4n) is 2.26. The third-order valence-electron chi connectivity index (χ3n) is 3.53. The lowest BCUT2D eigenvalue weighted by atomic mass is 10.2. The Balaban J connectivity index is 1.68. The highest BCUT2D eigenvalue weighted by atomic mass is 32.1. The molecule has 0 saturated carbocycles. The molecule has 3 aromatic rings. The highest BCUT2D eigenvalue weighted by Gasteiger charge is 2.13. The number of nitrogens with zero attached hydrogens (tertiary/aromatic N) is 1. The second kappa shape index (κ2) is 7.18. The number of aromatic amines is 1. The van der Waals surface area contributed by atoms with Gasteiger partial charge in [-0.25, -0.2) is 0 Å². The number of thiophene rings is 1. The van der Waals surface area contributed by atoms with Crippen LogP contribution in [0.15, 0.2) is 41.8 Å². The summed E-state index contributed by atoms with van der Waals surface area (Å²) in [5.41, 5.74) is 2.05. The molecule has 0 saturated heterocycles. The first-order valence-electron chi connectivity index (χ1n) is 7.29. The van der Waals surface area contributed by atoms with Crippen LogP contribution in [-0.4, -0.2) is 30.3 Å². The minimum absolute atomic E-state index is 0.244. The zero-order valence-electron chi connectivity index (χ0n) is 13.3. The van der Waals surface area contributed by atoms with Gasteiger partial charge in [0, 0.05) is 18.2 Å². The number of carbonyl (C=O) groups excluding carboxylic acids is 1. The Morgan fingerprint density at radius 3 is 2.83 bits per heavy atom. The normalized spacial score (nSPS) is 10.4. The first kappa shape index (κ1) is 16.1. The van der Waals surface area contributed by atoms with Crippen LogP contribution >= 0.6 is 11.3 Å². The summed E-state index contributed by atoms with van der Waals surface area (Å²) in [5.74, 6) is 1.12. The van der Waals surface area contributed by atoms with E-state index in [4.69, 9.17) is 9.47 Å². The molecule has 1 amide bonds. The van der Waals surface area contributed by atoms with Crippen molar-refractivity contribution in [2.75, 3.05) is 14.2 Å². The standard InChI is InChI=1S/C17H17N3O3S/c1-22-12-6-5-11(15(8-12)23-2)10-18-17(21)14-9-13(19-20-14)16-4-3-7-24-16/h3-9H,10H2,1-2H3,(H,18,21)(H,19,20). The van der Waals surface area contributed by atoms with Crippen molar-refractivity contribution < 1.29 is 14.3 Å². The van der Waals surface area contributed by atoms with Crippen LogP contribution in [0.4, 0.5) is 0 Å². The molecule has 0 fully saturated rings. The Morgan fingerprint density at radius 2 is 2.12 bits per heavy atom. The number of hydrogen-bond donors (Lipinski definition) is 2. The van der Waals surface area contributed by atoms with Crippen molar-refractivity contribution >= 4 is 17.2 Å². The van der Waals surface area contributed by atoms with Crippen LogP contribution in [0, 0.1) is 0 Å². The van der Waals surface area contributed by atoms with Gasteiger partial charge in [-0.3, -0.25) is 9.89 Å². The monoisotopic (exact) mass is 343 g/mol. The molecule has 0 spiro atoms. The number of nitrogens with one attached hydrogen (secondary N) is 2. The van der Waals surface area contributed by atoms with Gasteiger partial charge >= 0.3 is 0 Å². The summed E-state index contributed by atoms with van der Waals surface area (Å²) in [5, 5.41) is 11.8. The van der Waals surface area contributed by atoms with Gasteiger partial charge in [0.05, 0.1) is 24.8 Å². The molecule has 0 unspecified atom stereocenters. The molecular formula is C17H17N3O3S. The number of benzene rings is 1. The van der Waals surface area contributed by atoms with Crippen LogP contribution < -0.4 is 14.8 Å². The Kier molecular flexibility index (Phi) is 4.81. The third-order valence-corrected chi connectivity index (χ3v) is 4.43. The van der Waals surface area contributed by atoms with Crippen LogP contribution in [-0.2, 0) is 6.54 Å². The molecule has 1 aromatic carbocycles. The Hall–Kier alpha value is -2.80. The summed E-state index contributed by atoms with van der Waals surface area (Å²) >= 11 is 1.59. The van der Waals surface area contributed by atoms with E-state index in [0.717, 1.165) is 16.1 Å². The van der Waals surface area contributed by atoms with E-state index in [0.29, 0.717) is 23.7 Å². The average Bonchev–Trinajstić information content (AvgIpc) is 3.30. The van der Waals surface area contributed by atoms with E-state index in [-0.39, 0.29) is 5.91 Å². The van der Waals surface area contributed by atoms with Crippen molar-refractivity contribution in [2.24, 2.45) is 0 Å². The number of amides is 1. The summed E-state index contributed by atoms with van der Waals surface area (Å²) < 4.78 is 10.5. The second-order valence-electron chi connectivity index (χ2n) is 5.00. The van der Waals surface area contributed by atoms with Crippen LogP contribution in [0.1, 0.15) is 16.1 Å². The van der Waals surface area contributed by atoms with Crippen LogP contribution in [0.3, 0.4) is 0 Å². The number of H-pyrrole nitrogens is 1. The molecule has 2 heterocycles. The summed E-state index contributed by atoms with van der Waals surface area (Å²) in [6.07, 6.45) is 0. The molecule has 7 heteroatoms. The largest absolute Gasteiger partial charge is 0.497 e. The van der Waals surface area contributed by atoms with Gasteiger partial charge in [0.15, 0.2) is 5.69 Å². The van der Waals surface area contributed by atoms with Crippen LogP contribution in [0.2, 0.25) is 0 Å². The van der Waals surface area contributed by atoms with Gasteiger partial charge in [0.1, 0.15) is 11.5 Å². The van der Waals surface area contributed by atoms with E-state index in [9.17, 15) is 4.79 Å². The highest BCUT2D eigenvalue weighted by Crippen LogP contribution is 2.25. The molecule has 2 aromatic heterocycles. The van der Waals surface area contributed by atoms with Gasteiger partial charge in [-0.2, -0.15) is 5.10 Å². The fraction of sp³-hybridized carbons (Fsp3) is 0.176. The van der Waals surface area contributed by atoms with Crippen LogP contribution in [0.5, 0.6) is 11.5 Å². The maximum absolute atomic E-state index is 12.3. The summed E-state index contributed by atoms with van der Waals surface area (Å²) in [7, 11) is 3.18. The summed E-state index contributed by atoms with van der Waals surface area (Å²) in [6, 6.07) is 11.1. The minimum atomic E-state index is -0.244. The number of hydrogen-bond acceptors (Lipinski definition) is 5. The first-order chi connectivity index (χ1) is 11.7. The van der Waals surface area contributed by atoms with E-state index in [1.807, 2.05) is 29.6 Å². The molecule has 24 heavy (non-hydrogen) atoms. The molecule has 3 rings (SSSR count). The maximum atomic E-state index is 12.3. The summed E-state index contributed by atoms with van der Waals surface area (Å²) in [4.78, 5) is 13.3. The smallest absolute Gasteiger partial charge is 0.272 e. The third kappa shape index (κ3) is 3.41. The summed E-state index contributed by atoms with van der Waals surface area (Å²) in [6.45, 7) is 0.340. The maximum Gasteiger partial charge on any atom is 0.272 e. The lowest BCUT2D eigenvalue weighted by Gasteiger charge is -2.10.